The highest BCUT2D eigenvalue weighted by atomic mass is 14.4. The maximum atomic E-state index is 2.44. The zero-order valence-corrected chi connectivity index (χ0v) is 6.93. The van der Waals surface area contributed by atoms with Crippen molar-refractivity contribution < 1.29 is 0 Å². The highest BCUT2D eigenvalue weighted by Gasteiger charge is 2.40. The van der Waals surface area contributed by atoms with Crippen molar-refractivity contribution in [3.05, 3.63) is 46.1 Å². The monoisotopic (exact) mass is 154 g/mol. The number of fused-ring (bicyclic) bond motifs is 1. The highest BCUT2D eigenvalue weighted by Crippen LogP contribution is 2.56. The molecule has 1 atom stereocenters. The molecule has 0 heterocycles. The first-order valence-corrected chi connectivity index (χ1v) is 4.81. The van der Waals surface area contributed by atoms with Gasteiger partial charge in [-0.2, -0.15) is 0 Å². The van der Waals surface area contributed by atoms with Crippen LogP contribution in [0.2, 0.25) is 0 Å². The number of hydrogen-bond acceptors (Lipinski definition) is 0. The Morgan fingerprint density at radius 2 is 2.17 bits per heavy atom. The van der Waals surface area contributed by atoms with Crippen LogP contribution in [0, 0.1) is 5.92 Å². The molecule has 0 nitrogen and oxygen atoms in total. The van der Waals surface area contributed by atoms with Gasteiger partial charge in [-0.25, -0.2) is 0 Å². The van der Waals surface area contributed by atoms with Gasteiger partial charge in [0.25, 0.3) is 0 Å². The number of rotatable bonds is 0. The topological polar surface area (TPSA) is 0 Å². The first-order valence-electron chi connectivity index (χ1n) is 4.81. The van der Waals surface area contributed by atoms with Gasteiger partial charge in [-0.3, -0.25) is 0 Å². The zero-order valence-electron chi connectivity index (χ0n) is 6.93. The zero-order chi connectivity index (χ0) is 7.71. The van der Waals surface area contributed by atoms with Crippen LogP contribution in [0.3, 0.4) is 0 Å². The molecule has 0 fully saturated rings. The van der Waals surface area contributed by atoms with Crippen molar-refractivity contribution in [1.29, 1.82) is 0 Å². The van der Waals surface area contributed by atoms with E-state index in [1.54, 1.807) is 27.9 Å². The molecule has 4 rings (SSSR count). The maximum Gasteiger partial charge on any atom is -0.0106 e. The second kappa shape index (κ2) is 1.52. The second-order valence-corrected chi connectivity index (χ2v) is 4.19. The van der Waals surface area contributed by atoms with Gasteiger partial charge in [0, 0.05) is 0 Å². The van der Waals surface area contributed by atoms with Crippen LogP contribution in [0.1, 0.15) is 19.3 Å². The average molecular weight is 154 g/mol. The fraction of sp³-hybridized carbons (Fsp3) is 0.333. The number of allylic oxidation sites excluding steroid dienone is 8. The van der Waals surface area contributed by atoms with Gasteiger partial charge in [-0.05, 0) is 53.0 Å². The van der Waals surface area contributed by atoms with Gasteiger partial charge < -0.3 is 0 Å². The molecule has 4 aliphatic rings. The summed E-state index contributed by atoms with van der Waals surface area (Å²) in [6.45, 7) is 0. The van der Waals surface area contributed by atoms with Gasteiger partial charge >= 0.3 is 0 Å². The van der Waals surface area contributed by atoms with Crippen molar-refractivity contribution in [3.8, 4) is 0 Å². The Morgan fingerprint density at radius 3 is 3.17 bits per heavy atom. The Hall–Kier alpha value is -1.04. The Labute approximate surface area is 72.0 Å². The van der Waals surface area contributed by atoms with E-state index in [-0.39, 0.29) is 0 Å². The molecule has 0 N–H and O–H groups in total. The third-order valence-corrected chi connectivity index (χ3v) is 3.62. The van der Waals surface area contributed by atoms with E-state index in [4.69, 9.17) is 0 Å². The van der Waals surface area contributed by atoms with Gasteiger partial charge in [0.15, 0.2) is 0 Å². The van der Waals surface area contributed by atoms with Crippen LogP contribution in [0.5, 0.6) is 0 Å². The fourth-order valence-electron chi connectivity index (χ4n) is 3.03. The van der Waals surface area contributed by atoms with Crippen molar-refractivity contribution >= 4 is 0 Å². The minimum Gasteiger partial charge on any atom is -0.0757 e. The molecule has 2 bridgehead atoms. The lowest BCUT2D eigenvalue weighted by Gasteiger charge is -2.27. The summed E-state index contributed by atoms with van der Waals surface area (Å²) in [6, 6.07) is 0. The first-order chi connectivity index (χ1) is 5.93. The van der Waals surface area contributed by atoms with E-state index in [1.165, 1.54) is 19.3 Å². The number of hydrogen-bond donors (Lipinski definition) is 0. The van der Waals surface area contributed by atoms with Gasteiger partial charge in [0.05, 0.1) is 0 Å². The van der Waals surface area contributed by atoms with Crippen LogP contribution >= 0.6 is 0 Å². The minimum absolute atomic E-state index is 0.890. The molecule has 12 heavy (non-hydrogen) atoms. The van der Waals surface area contributed by atoms with Crippen molar-refractivity contribution in [3.63, 3.8) is 0 Å². The van der Waals surface area contributed by atoms with E-state index in [0.717, 1.165) is 5.92 Å². The van der Waals surface area contributed by atoms with Gasteiger partial charge in [-0.1, -0.05) is 18.2 Å². The molecule has 0 aliphatic heterocycles. The SMILES string of the molecule is C1=C2C=C3C4=CCC(CC2)C4=C13. The third kappa shape index (κ3) is 0.416. The standard InChI is InChI=1S/C12H10/c1-2-8-3-4-9-10-5-7(1)6-11(10)12(8)9/h4-6,8H,1-3H2. The van der Waals surface area contributed by atoms with Crippen molar-refractivity contribution in [2.24, 2.45) is 5.92 Å². The smallest absolute Gasteiger partial charge is 0.0106 e. The summed E-state index contributed by atoms with van der Waals surface area (Å²) in [6.07, 6.45) is 11.3. The van der Waals surface area contributed by atoms with Crippen LogP contribution in [-0.2, 0) is 0 Å². The quantitative estimate of drug-likeness (QED) is 0.503. The summed E-state index contributed by atoms with van der Waals surface area (Å²) in [5.41, 5.74) is 8.03. The van der Waals surface area contributed by atoms with E-state index < -0.39 is 0 Å². The molecule has 1 unspecified atom stereocenters. The molecular formula is C12H10. The average Bonchev–Trinajstić information content (AvgIpc) is 2.52. The van der Waals surface area contributed by atoms with E-state index in [9.17, 15) is 0 Å². The lowest BCUT2D eigenvalue weighted by Crippen LogP contribution is -2.12. The Bertz CT molecular complexity index is 413. The maximum absolute atomic E-state index is 2.44. The summed E-state index contributed by atoms with van der Waals surface area (Å²) in [5.74, 6) is 0.890. The van der Waals surface area contributed by atoms with E-state index >= 15 is 0 Å². The summed E-state index contributed by atoms with van der Waals surface area (Å²) >= 11 is 0. The lowest BCUT2D eigenvalue weighted by atomic mass is 9.76. The van der Waals surface area contributed by atoms with Crippen LogP contribution in [0.15, 0.2) is 46.1 Å². The van der Waals surface area contributed by atoms with Crippen LogP contribution in [0.25, 0.3) is 0 Å². The van der Waals surface area contributed by atoms with Gasteiger partial charge in [0.1, 0.15) is 0 Å². The predicted octanol–water partition coefficient (Wildman–Crippen LogP) is 2.90. The predicted molar refractivity (Wildman–Crippen MR) is 48.6 cm³/mol. The first kappa shape index (κ1) is 5.58. The lowest BCUT2D eigenvalue weighted by molar-refractivity contribution is 0.591. The molecule has 0 aromatic heterocycles. The molecule has 0 amide bonds. The fourth-order valence-corrected chi connectivity index (χ4v) is 3.03. The summed E-state index contributed by atoms with van der Waals surface area (Å²) in [7, 11) is 0. The van der Waals surface area contributed by atoms with Crippen molar-refractivity contribution in [2.45, 2.75) is 19.3 Å². The largest absolute Gasteiger partial charge is 0.0757 e. The molecule has 0 heteroatoms. The highest BCUT2D eigenvalue weighted by molar-refractivity contribution is 5.80. The van der Waals surface area contributed by atoms with E-state index in [1.807, 2.05) is 0 Å². The van der Waals surface area contributed by atoms with Crippen LogP contribution in [0.4, 0.5) is 0 Å². The van der Waals surface area contributed by atoms with Crippen molar-refractivity contribution in [2.75, 3.05) is 0 Å². The van der Waals surface area contributed by atoms with E-state index in [0.29, 0.717) is 0 Å². The summed E-state index contributed by atoms with van der Waals surface area (Å²) < 4.78 is 0. The molecule has 4 aliphatic carbocycles. The molecule has 0 spiro atoms. The normalized spacial score (nSPS) is 34.0. The Morgan fingerprint density at radius 1 is 1.17 bits per heavy atom. The summed E-state index contributed by atoms with van der Waals surface area (Å²) in [4.78, 5) is 0. The van der Waals surface area contributed by atoms with Gasteiger partial charge in [0.2, 0.25) is 0 Å². The van der Waals surface area contributed by atoms with E-state index in [2.05, 4.69) is 18.2 Å². The molecule has 58 valence electrons. The Kier molecular flexibility index (Phi) is 0.705. The van der Waals surface area contributed by atoms with Crippen molar-refractivity contribution in [1.82, 2.24) is 0 Å². The summed E-state index contributed by atoms with van der Waals surface area (Å²) in [5, 5.41) is 0. The third-order valence-electron chi connectivity index (χ3n) is 3.62. The van der Waals surface area contributed by atoms with Crippen LogP contribution in [-0.4, -0.2) is 0 Å². The molecule has 0 saturated heterocycles. The van der Waals surface area contributed by atoms with Crippen LogP contribution < -0.4 is 0 Å². The Balaban J connectivity index is 2.11. The molecular weight excluding hydrogens is 144 g/mol. The molecule has 0 saturated carbocycles. The van der Waals surface area contributed by atoms with Gasteiger partial charge in [-0.15, -0.1) is 0 Å². The molecule has 0 aromatic rings. The molecule has 0 aromatic carbocycles. The molecule has 0 radical (unpaired) electrons. The minimum atomic E-state index is 0.890. The second-order valence-electron chi connectivity index (χ2n) is 4.19.